The Morgan fingerprint density at radius 3 is 2.88 bits per heavy atom. The molecule has 1 aromatic carbocycles. The zero-order valence-electron chi connectivity index (χ0n) is 13.9. The molecule has 7 heteroatoms. The first-order chi connectivity index (χ1) is 12.3. The van der Waals surface area contributed by atoms with Crippen LogP contribution in [0.5, 0.6) is 5.88 Å². The Kier molecular flexibility index (Phi) is 5.36. The lowest BCUT2D eigenvalue weighted by atomic mass is 10.2. The van der Waals surface area contributed by atoms with Crippen molar-refractivity contribution in [3.63, 3.8) is 0 Å². The van der Waals surface area contributed by atoms with Crippen LogP contribution >= 0.6 is 0 Å². The van der Waals surface area contributed by atoms with Crippen molar-refractivity contribution in [2.45, 2.75) is 6.92 Å². The summed E-state index contributed by atoms with van der Waals surface area (Å²) in [6.45, 7) is 3.02. The molecule has 128 valence electrons. The van der Waals surface area contributed by atoms with E-state index in [0.29, 0.717) is 24.6 Å². The first-order valence-electron chi connectivity index (χ1n) is 8.05. The molecule has 0 bridgehead atoms. The third-order valence-corrected chi connectivity index (χ3v) is 3.65. The Labute approximate surface area is 145 Å². The molecule has 0 aliphatic heterocycles. The lowest BCUT2D eigenvalue weighted by Gasteiger charge is -2.19. The average molecular weight is 337 g/mol. The van der Waals surface area contributed by atoms with Crippen LogP contribution in [0.15, 0.2) is 54.9 Å². The predicted molar refractivity (Wildman–Crippen MR) is 94.0 cm³/mol. The molecule has 0 unspecified atom stereocenters. The van der Waals surface area contributed by atoms with Gasteiger partial charge in [-0.2, -0.15) is 4.52 Å². The van der Waals surface area contributed by atoms with Gasteiger partial charge in [0.1, 0.15) is 6.33 Å². The van der Waals surface area contributed by atoms with Crippen molar-refractivity contribution in [1.29, 1.82) is 0 Å². The highest BCUT2D eigenvalue weighted by Crippen LogP contribution is 2.07. The number of ether oxygens (including phenoxy) is 1. The summed E-state index contributed by atoms with van der Waals surface area (Å²) in [4.78, 5) is 14.0. The van der Waals surface area contributed by atoms with E-state index in [1.807, 2.05) is 49.4 Å². The molecular weight excluding hydrogens is 318 g/mol. The second-order valence-electron chi connectivity index (χ2n) is 5.34. The van der Waals surface area contributed by atoms with Crippen LogP contribution in [0, 0.1) is 0 Å². The first kappa shape index (κ1) is 16.6. The zero-order chi connectivity index (χ0) is 17.5. The second kappa shape index (κ2) is 8.05. The van der Waals surface area contributed by atoms with Crippen molar-refractivity contribution < 1.29 is 9.53 Å². The highest BCUT2D eigenvalue weighted by atomic mass is 16.5. The van der Waals surface area contributed by atoms with Crippen molar-refractivity contribution in [3.05, 3.63) is 60.4 Å². The minimum atomic E-state index is -0.0918. The molecule has 0 aliphatic rings. The van der Waals surface area contributed by atoms with E-state index in [2.05, 4.69) is 15.3 Å². The third kappa shape index (κ3) is 4.41. The van der Waals surface area contributed by atoms with Gasteiger partial charge in [0.2, 0.25) is 5.88 Å². The van der Waals surface area contributed by atoms with Crippen LogP contribution in [0.25, 0.3) is 11.7 Å². The summed E-state index contributed by atoms with van der Waals surface area (Å²) in [7, 11) is 0. The van der Waals surface area contributed by atoms with Crippen LogP contribution in [-0.2, 0) is 4.79 Å². The minimum absolute atomic E-state index is 0.0619. The van der Waals surface area contributed by atoms with Crippen molar-refractivity contribution >= 4 is 17.6 Å². The number of carbonyl (C=O) groups is 1. The number of aromatic nitrogens is 4. The van der Waals surface area contributed by atoms with Crippen LogP contribution in [0.4, 0.5) is 0 Å². The van der Waals surface area contributed by atoms with E-state index >= 15 is 0 Å². The molecule has 0 atom stereocenters. The van der Waals surface area contributed by atoms with Crippen molar-refractivity contribution in [2.24, 2.45) is 0 Å². The SMILES string of the molecule is CCN(C/C=C/c1ccccc1)C(=O)COc1ccc2nncn2n1. The van der Waals surface area contributed by atoms with Gasteiger partial charge < -0.3 is 9.64 Å². The Morgan fingerprint density at radius 1 is 1.24 bits per heavy atom. The number of carbonyl (C=O) groups excluding carboxylic acids is 1. The van der Waals surface area contributed by atoms with Gasteiger partial charge in [-0.1, -0.05) is 42.5 Å². The Morgan fingerprint density at radius 2 is 2.08 bits per heavy atom. The van der Waals surface area contributed by atoms with Gasteiger partial charge in [-0.3, -0.25) is 4.79 Å². The molecule has 1 amide bonds. The summed E-state index contributed by atoms with van der Waals surface area (Å²) in [5.41, 5.74) is 1.73. The van der Waals surface area contributed by atoms with Gasteiger partial charge in [0.05, 0.1) is 0 Å². The van der Waals surface area contributed by atoms with Crippen LogP contribution in [0.1, 0.15) is 12.5 Å². The molecule has 25 heavy (non-hydrogen) atoms. The van der Waals surface area contributed by atoms with Crippen molar-refractivity contribution in [2.75, 3.05) is 19.7 Å². The molecule has 0 fully saturated rings. The van der Waals surface area contributed by atoms with E-state index in [1.165, 1.54) is 10.8 Å². The van der Waals surface area contributed by atoms with Crippen LogP contribution in [-0.4, -0.2) is 50.3 Å². The van der Waals surface area contributed by atoms with E-state index in [9.17, 15) is 4.79 Å². The maximum Gasteiger partial charge on any atom is 0.260 e. The molecule has 0 saturated heterocycles. The molecule has 2 aromatic heterocycles. The fourth-order valence-corrected chi connectivity index (χ4v) is 2.30. The molecule has 0 spiro atoms. The molecule has 3 rings (SSSR count). The molecule has 2 heterocycles. The van der Waals surface area contributed by atoms with Crippen LogP contribution in [0.3, 0.4) is 0 Å². The largest absolute Gasteiger partial charge is 0.467 e. The maximum atomic E-state index is 12.3. The number of rotatable bonds is 7. The van der Waals surface area contributed by atoms with Gasteiger partial charge in [0, 0.05) is 19.2 Å². The number of nitrogens with zero attached hydrogens (tertiary/aromatic N) is 5. The summed E-state index contributed by atoms with van der Waals surface area (Å²) in [5.74, 6) is 0.266. The van der Waals surface area contributed by atoms with Gasteiger partial charge in [-0.15, -0.1) is 15.3 Å². The number of fused-ring (bicyclic) bond motifs is 1. The highest BCUT2D eigenvalue weighted by molar-refractivity contribution is 5.78. The fourth-order valence-electron chi connectivity index (χ4n) is 2.30. The first-order valence-corrected chi connectivity index (χ1v) is 8.05. The highest BCUT2D eigenvalue weighted by Gasteiger charge is 2.11. The van der Waals surface area contributed by atoms with Crippen LogP contribution < -0.4 is 4.74 Å². The molecule has 0 saturated carbocycles. The Hall–Kier alpha value is -3.22. The normalized spacial score (nSPS) is 11.1. The van der Waals surface area contributed by atoms with Gasteiger partial charge in [-0.05, 0) is 18.6 Å². The predicted octanol–water partition coefficient (Wildman–Crippen LogP) is 2.06. The van der Waals surface area contributed by atoms with Crippen molar-refractivity contribution in [1.82, 2.24) is 24.7 Å². The molecule has 0 N–H and O–H groups in total. The maximum absolute atomic E-state index is 12.3. The molecule has 7 nitrogen and oxygen atoms in total. The standard InChI is InChI=1S/C18H19N5O2/c1-2-22(12-6-9-15-7-4-3-5-8-15)18(24)13-25-17-11-10-16-20-19-14-23(16)21-17/h3-11,14H,2,12-13H2,1H3/b9-6+. The molecular formula is C18H19N5O2. The van der Waals surface area contributed by atoms with Gasteiger partial charge in [0.15, 0.2) is 12.3 Å². The summed E-state index contributed by atoms with van der Waals surface area (Å²) >= 11 is 0. The van der Waals surface area contributed by atoms with Gasteiger partial charge in [0.25, 0.3) is 5.91 Å². The number of likely N-dealkylation sites (N-methyl/N-ethyl adjacent to an activating group) is 1. The number of amides is 1. The van der Waals surface area contributed by atoms with E-state index in [0.717, 1.165) is 5.56 Å². The summed E-state index contributed by atoms with van der Waals surface area (Å²) < 4.78 is 6.99. The Bertz CT molecular complexity index is 860. The minimum Gasteiger partial charge on any atom is -0.467 e. The van der Waals surface area contributed by atoms with Gasteiger partial charge >= 0.3 is 0 Å². The molecule has 0 radical (unpaired) electrons. The molecule has 3 aromatic rings. The summed E-state index contributed by atoms with van der Waals surface area (Å²) in [6.07, 6.45) is 5.45. The van der Waals surface area contributed by atoms with Gasteiger partial charge in [-0.25, -0.2) is 0 Å². The lowest BCUT2D eigenvalue weighted by molar-refractivity contribution is -0.132. The zero-order valence-corrected chi connectivity index (χ0v) is 13.9. The number of hydrogen-bond acceptors (Lipinski definition) is 5. The number of benzene rings is 1. The topological polar surface area (TPSA) is 72.6 Å². The molecule has 0 aliphatic carbocycles. The van der Waals surface area contributed by atoms with Crippen LogP contribution in [0.2, 0.25) is 0 Å². The second-order valence-corrected chi connectivity index (χ2v) is 5.34. The Balaban J connectivity index is 1.53. The number of hydrogen-bond donors (Lipinski definition) is 0. The monoisotopic (exact) mass is 337 g/mol. The summed E-state index contributed by atoms with van der Waals surface area (Å²) in [6, 6.07) is 13.4. The lowest BCUT2D eigenvalue weighted by Crippen LogP contribution is -2.35. The van der Waals surface area contributed by atoms with E-state index in [1.54, 1.807) is 17.0 Å². The third-order valence-electron chi connectivity index (χ3n) is 3.65. The average Bonchev–Trinajstić information content (AvgIpc) is 3.12. The quantitative estimate of drug-likeness (QED) is 0.660. The smallest absolute Gasteiger partial charge is 0.260 e. The van der Waals surface area contributed by atoms with E-state index in [4.69, 9.17) is 4.74 Å². The summed E-state index contributed by atoms with van der Waals surface area (Å²) in [5, 5.41) is 11.8. The van der Waals surface area contributed by atoms with E-state index < -0.39 is 0 Å². The fraction of sp³-hybridized carbons (Fsp3) is 0.222. The van der Waals surface area contributed by atoms with E-state index in [-0.39, 0.29) is 12.5 Å². The van der Waals surface area contributed by atoms with Crippen molar-refractivity contribution in [3.8, 4) is 5.88 Å².